The molecule has 1 aromatic rings. The van der Waals surface area contributed by atoms with Gasteiger partial charge in [0.25, 0.3) is 0 Å². The fourth-order valence-corrected chi connectivity index (χ4v) is 3.17. The predicted molar refractivity (Wildman–Crippen MR) is 82.1 cm³/mol. The van der Waals surface area contributed by atoms with Crippen molar-refractivity contribution in [2.75, 3.05) is 19.6 Å². The molecule has 1 aliphatic rings. The van der Waals surface area contributed by atoms with Crippen molar-refractivity contribution in [3.05, 3.63) is 35.6 Å². The smallest absolute Gasteiger partial charge is 0.128 e. The number of likely N-dealkylation sites (tertiary alicyclic amines) is 1. The first kappa shape index (κ1) is 15.5. The van der Waals surface area contributed by atoms with Crippen LogP contribution >= 0.6 is 0 Å². The van der Waals surface area contributed by atoms with Gasteiger partial charge in [-0.2, -0.15) is 0 Å². The van der Waals surface area contributed by atoms with E-state index in [-0.39, 0.29) is 5.82 Å². The van der Waals surface area contributed by atoms with Crippen LogP contribution in [0.5, 0.6) is 0 Å². The van der Waals surface area contributed by atoms with E-state index < -0.39 is 5.54 Å². The van der Waals surface area contributed by atoms with Crippen LogP contribution in [0.2, 0.25) is 0 Å². The second-order valence-electron chi connectivity index (χ2n) is 6.08. The third kappa shape index (κ3) is 3.80. The number of hydrogen-bond acceptors (Lipinski definition) is 2. The highest BCUT2D eigenvalue weighted by Crippen LogP contribution is 2.29. The first-order valence-electron chi connectivity index (χ1n) is 7.92. The molecule has 1 atom stereocenters. The van der Waals surface area contributed by atoms with Gasteiger partial charge in [-0.05, 0) is 38.4 Å². The summed E-state index contributed by atoms with van der Waals surface area (Å²) in [7, 11) is 0. The lowest BCUT2D eigenvalue weighted by atomic mass is 9.84. The van der Waals surface area contributed by atoms with Gasteiger partial charge in [0.2, 0.25) is 0 Å². The molecule has 1 aliphatic heterocycles. The molecule has 3 heteroatoms. The molecule has 2 rings (SSSR count). The molecule has 0 aliphatic carbocycles. The second kappa shape index (κ2) is 7.19. The van der Waals surface area contributed by atoms with Crippen LogP contribution in [0.4, 0.5) is 4.39 Å². The van der Waals surface area contributed by atoms with Gasteiger partial charge in [-0.3, -0.25) is 0 Å². The molecular formula is C17H27FN2. The summed E-state index contributed by atoms with van der Waals surface area (Å²) in [4.78, 5) is 2.41. The SMILES string of the molecule is CCCCC(N)(CN1CCCCC1)c1ccccc1F. The largest absolute Gasteiger partial charge is 0.320 e. The molecule has 0 spiro atoms. The zero-order valence-corrected chi connectivity index (χ0v) is 12.6. The molecule has 0 amide bonds. The Kier molecular flexibility index (Phi) is 5.55. The molecule has 1 aromatic carbocycles. The average molecular weight is 278 g/mol. The van der Waals surface area contributed by atoms with E-state index in [4.69, 9.17) is 5.73 Å². The van der Waals surface area contributed by atoms with E-state index in [0.29, 0.717) is 5.56 Å². The quantitative estimate of drug-likeness (QED) is 0.860. The minimum Gasteiger partial charge on any atom is -0.320 e. The van der Waals surface area contributed by atoms with Crippen LogP contribution in [-0.4, -0.2) is 24.5 Å². The highest BCUT2D eigenvalue weighted by Gasteiger charge is 2.32. The van der Waals surface area contributed by atoms with Crippen molar-refractivity contribution in [2.24, 2.45) is 5.73 Å². The Hall–Kier alpha value is -0.930. The number of benzene rings is 1. The van der Waals surface area contributed by atoms with E-state index in [2.05, 4.69) is 11.8 Å². The average Bonchev–Trinajstić information content (AvgIpc) is 2.46. The summed E-state index contributed by atoms with van der Waals surface area (Å²) in [5.41, 5.74) is 6.78. The van der Waals surface area contributed by atoms with Crippen molar-refractivity contribution in [2.45, 2.75) is 51.0 Å². The van der Waals surface area contributed by atoms with Gasteiger partial charge < -0.3 is 10.6 Å². The minimum absolute atomic E-state index is 0.164. The maximum Gasteiger partial charge on any atom is 0.128 e. The topological polar surface area (TPSA) is 29.3 Å². The number of unbranched alkanes of at least 4 members (excludes halogenated alkanes) is 1. The standard InChI is InChI=1S/C17H27FN2/c1-2-3-11-17(19,14-20-12-7-4-8-13-20)15-9-5-6-10-16(15)18/h5-6,9-10H,2-4,7-8,11-14,19H2,1H3. The molecule has 0 saturated carbocycles. The molecule has 2 N–H and O–H groups in total. The molecule has 0 aromatic heterocycles. The van der Waals surface area contributed by atoms with E-state index in [1.54, 1.807) is 6.07 Å². The van der Waals surface area contributed by atoms with E-state index in [0.717, 1.165) is 38.9 Å². The van der Waals surface area contributed by atoms with Crippen LogP contribution in [0.25, 0.3) is 0 Å². The van der Waals surface area contributed by atoms with Gasteiger partial charge in [0.1, 0.15) is 5.82 Å². The summed E-state index contributed by atoms with van der Waals surface area (Å²) in [5, 5.41) is 0. The zero-order valence-electron chi connectivity index (χ0n) is 12.6. The Morgan fingerprint density at radius 3 is 2.55 bits per heavy atom. The Morgan fingerprint density at radius 2 is 1.90 bits per heavy atom. The number of rotatable bonds is 6. The van der Waals surface area contributed by atoms with Crippen molar-refractivity contribution in [3.63, 3.8) is 0 Å². The van der Waals surface area contributed by atoms with Crippen LogP contribution in [0.15, 0.2) is 24.3 Å². The summed E-state index contributed by atoms with van der Waals surface area (Å²) in [6.45, 7) is 5.12. The Bertz CT molecular complexity index is 415. The summed E-state index contributed by atoms with van der Waals surface area (Å²) in [6.07, 6.45) is 6.76. The van der Waals surface area contributed by atoms with Crippen LogP contribution in [0.3, 0.4) is 0 Å². The maximum absolute atomic E-state index is 14.2. The van der Waals surface area contributed by atoms with Crippen molar-refractivity contribution in [3.8, 4) is 0 Å². The summed E-state index contributed by atoms with van der Waals surface area (Å²) in [6, 6.07) is 7.01. The highest BCUT2D eigenvalue weighted by molar-refractivity contribution is 5.26. The molecule has 20 heavy (non-hydrogen) atoms. The van der Waals surface area contributed by atoms with Gasteiger partial charge in [-0.1, -0.05) is 44.4 Å². The van der Waals surface area contributed by atoms with Crippen LogP contribution in [0, 0.1) is 5.82 Å². The van der Waals surface area contributed by atoms with E-state index >= 15 is 0 Å². The van der Waals surface area contributed by atoms with Gasteiger partial charge in [0.15, 0.2) is 0 Å². The Balaban J connectivity index is 2.17. The third-order valence-corrected chi connectivity index (χ3v) is 4.34. The molecule has 0 bridgehead atoms. The molecule has 1 fully saturated rings. The summed E-state index contributed by atoms with van der Waals surface area (Å²) in [5.74, 6) is -0.164. The molecule has 0 radical (unpaired) electrons. The Labute approximate surface area is 122 Å². The number of halogens is 1. The number of hydrogen-bond donors (Lipinski definition) is 1. The summed E-state index contributed by atoms with van der Waals surface area (Å²) < 4.78 is 14.2. The summed E-state index contributed by atoms with van der Waals surface area (Å²) >= 11 is 0. The van der Waals surface area contributed by atoms with E-state index in [1.807, 2.05) is 12.1 Å². The number of nitrogens with zero attached hydrogens (tertiary/aromatic N) is 1. The third-order valence-electron chi connectivity index (χ3n) is 4.34. The molecular weight excluding hydrogens is 251 g/mol. The second-order valence-corrected chi connectivity index (χ2v) is 6.08. The van der Waals surface area contributed by atoms with Gasteiger partial charge in [-0.15, -0.1) is 0 Å². The molecule has 2 nitrogen and oxygen atoms in total. The highest BCUT2D eigenvalue weighted by atomic mass is 19.1. The lowest BCUT2D eigenvalue weighted by molar-refractivity contribution is 0.167. The number of nitrogens with two attached hydrogens (primary N) is 1. The van der Waals surface area contributed by atoms with Crippen molar-refractivity contribution < 1.29 is 4.39 Å². The predicted octanol–water partition coefficient (Wildman–Crippen LogP) is 3.66. The monoisotopic (exact) mass is 278 g/mol. The van der Waals surface area contributed by atoms with Crippen LogP contribution in [-0.2, 0) is 5.54 Å². The van der Waals surface area contributed by atoms with Gasteiger partial charge >= 0.3 is 0 Å². The molecule has 112 valence electrons. The van der Waals surface area contributed by atoms with E-state index in [9.17, 15) is 4.39 Å². The zero-order chi connectivity index (χ0) is 14.4. The first-order valence-corrected chi connectivity index (χ1v) is 7.92. The van der Waals surface area contributed by atoms with Crippen molar-refractivity contribution >= 4 is 0 Å². The fourth-order valence-electron chi connectivity index (χ4n) is 3.17. The first-order chi connectivity index (χ1) is 9.65. The molecule has 1 heterocycles. The van der Waals surface area contributed by atoms with Crippen LogP contribution < -0.4 is 5.73 Å². The van der Waals surface area contributed by atoms with Gasteiger partial charge in [0, 0.05) is 12.1 Å². The maximum atomic E-state index is 14.2. The lowest BCUT2D eigenvalue weighted by Crippen LogP contribution is -2.49. The van der Waals surface area contributed by atoms with Gasteiger partial charge in [-0.25, -0.2) is 4.39 Å². The van der Waals surface area contributed by atoms with Crippen molar-refractivity contribution in [1.29, 1.82) is 0 Å². The van der Waals surface area contributed by atoms with Crippen LogP contribution in [0.1, 0.15) is 51.0 Å². The lowest BCUT2D eigenvalue weighted by Gasteiger charge is -2.38. The van der Waals surface area contributed by atoms with Gasteiger partial charge in [0.05, 0.1) is 5.54 Å². The van der Waals surface area contributed by atoms with E-state index in [1.165, 1.54) is 25.3 Å². The molecule has 1 saturated heterocycles. The molecule has 1 unspecified atom stereocenters. The Morgan fingerprint density at radius 1 is 1.20 bits per heavy atom. The number of piperidine rings is 1. The normalized spacial score (nSPS) is 19.8. The van der Waals surface area contributed by atoms with Crippen molar-refractivity contribution in [1.82, 2.24) is 4.90 Å². The fraction of sp³-hybridized carbons (Fsp3) is 0.647. The minimum atomic E-state index is -0.557.